The number of halogens is 3. The van der Waals surface area contributed by atoms with Gasteiger partial charge in [0.1, 0.15) is 23.9 Å². The molecule has 7 heteroatoms. The maximum Gasteiger partial charge on any atom is 0.573 e. The molecule has 0 radical (unpaired) electrons. The van der Waals surface area contributed by atoms with E-state index < -0.39 is 6.36 Å². The monoisotopic (exact) mass is 511 g/mol. The summed E-state index contributed by atoms with van der Waals surface area (Å²) in [7, 11) is 0. The van der Waals surface area contributed by atoms with E-state index in [-0.39, 0.29) is 23.9 Å². The van der Waals surface area contributed by atoms with Crippen molar-refractivity contribution < 1.29 is 27.4 Å². The van der Waals surface area contributed by atoms with Crippen molar-refractivity contribution in [1.29, 1.82) is 0 Å². The van der Waals surface area contributed by atoms with Gasteiger partial charge in [-0.25, -0.2) is 0 Å². The standard InChI is InChI=1S/C30H32F3NO3/c31-30(32,33)37-29-14-10-24(11-15-29)19-27(35)20-26(21-34-16-4-5-17-34)18-23-8-12-28(13-9-23)36-22-25-6-2-1-3-7-25/h1-3,6-15,26H,4-5,16-22H2/t26-/m1/s1. The molecule has 1 aliphatic heterocycles. The second-order valence-electron chi connectivity index (χ2n) is 9.61. The number of carbonyl (C=O) groups is 1. The molecule has 196 valence electrons. The van der Waals surface area contributed by atoms with Crippen LogP contribution in [0.25, 0.3) is 0 Å². The van der Waals surface area contributed by atoms with Gasteiger partial charge in [0.15, 0.2) is 0 Å². The summed E-state index contributed by atoms with van der Waals surface area (Å²) in [5.41, 5.74) is 2.94. The quantitative estimate of drug-likeness (QED) is 0.274. The average Bonchev–Trinajstić information content (AvgIpc) is 3.37. The normalized spacial score (nSPS) is 14.9. The van der Waals surface area contributed by atoms with E-state index in [1.807, 2.05) is 42.5 Å². The molecular weight excluding hydrogens is 479 g/mol. The third-order valence-electron chi connectivity index (χ3n) is 6.49. The Kier molecular flexibility index (Phi) is 9.23. The van der Waals surface area contributed by atoms with Gasteiger partial charge in [-0.15, -0.1) is 13.2 Å². The number of rotatable bonds is 12. The van der Waals surface area contributed by atoms with Gasteiger partial charge in [0, 0.05) is 19.4 Å². The number of carbonyl (C=O) groups excluding carboxylic acids is 1. The van der Waals surface area contributed by atoms with Crippen LogP contribution in [0.1, 0.15) is 36.0 Å². The molecule has 0 N–H and O–H groups in total. The Hall–Kier alpha value is -3.32. The highest BCUT2D eigenvalue weighted by Gasteiger charge is 2.31. The number of Topliss-reactive ketones (excluding diaryl/α,β-unsaturated/α-hetero) is 1. The minimum atomic E-state index is -4.73. The van der Waals surface area contributed by atoms with Crippen molar-refractivity contribution >= 4 is 5.78 Å². The Bertz CT molecular complexity index is 1110. The lowest BCUT2D eigenvalue weighted by molar-refractivity contribution is -0.274. The average molecular weight is 512 g/mol. The van der Waals surface area contributed by atoms with Gasteiger partial charge in [0.05, 0.1) is 0 Å². The molecule has 1 heterocycles. The van der Waals surface area contributed by atoms with Crippen molar-refractivity contribution in [3.05, 3.63) is 95.6 Å². The lowest BCUT2D eigenvalue weighted by Crippen LogP contribution is -2.29. The van der Waals surface area contributed by atoms with Crippen LogP contribution in [0.5, 0.6) is 11.5 Å². The van der Waals surface area contributed by atoms with Crippen LogP contribution >= 0.6 is 0 Å². The van der Waals surface area contributed by atoms with E-state index in [9.17, 15) is 18.0 Å². The molecule has 3 aromatic carbocycles. The molecule has 0 unspecified atom stereocenters. The van der Waals surface area contributed by atoms with Gasteiger partial charge >= 0.3 is 6.36 Å². The number of alkyl halides is 3. The van der Waals surface area contributed by atoms with Crippen LogP contribution in [-0.2, 0) is 24.2 Å². The lowest BCUT2D eigenvalue weighted by atomic mass is 9.91. The molecule has 4 rings (SSSR count). The molecule has 1 saturated heterocycles. The van der Waals surface area contributed by atoms with Gasteiger partial charge in [-0.1, -0.05) is 54.6 Å². The van der Waals surface area contributed by atoms with Gasteiger partial charge in [-0.2, -0.15) is 0 Å². The van der Waals surface area contributed by atoms with E-state index in [0.29, 0.717) is 18.6 Å². The van der Waals surface area contributed by atoms with E-state index in [1.165, 1.54) is 37.1 Å². The van der Waals surface area contributed by atoms with Gasteiger partial charge < -0.3 is 14.4 Å². The predicted octanol–water partition coefficient (Wildman–Crippen LogP) is 6.62. The fourth-order valence-electron chi connectivity index (χ4n) is 4.76. The molecule has 37 heavy (non-hydrogen) atoms. The highest BCUT2D eigenvalue weighted by atomic mass is 19.4. The number of hydrogen-bond acceptors (Lipinski definition) is 4. The van der Waals surface area contributed by atoms with E-state index in [1.54, 1.807) is 0 Å². The highest BCUT2D eigenvalue weighted by molar-refractivity contribution is 5.81. The van der Waals surface area contributed by atoms with Crippen molar-refractivity contribution in [2.24, 2.45) is 5.92 Å². The first-order chi connectivity index (χ1) is 17.8. The number of ether oxygens (including phenoxy) is 2. The Balaban J connectivity index is 1.33. The first-order valence-corrected chi connectivity index (χ1v) is 12.7. The summed E-state index contributed by atoms with van der Waals surface area (Å²) in [5, 5.41) is 0. The van der Waals surface area contributed by atoms with Crippen molar-refractivity contribution in [3.8, 4) is 11.5 Å². The molecular formula is C30H32F3NO3. The van der Waals surface area contributed by atoms with Crippen molar-refractivity contribution in [1.82, 2.24) is 4.90 Å². The Labute approximate surface area is 216 Å². The van der Waals surface area contributed by atoms with Crippen LogP contribution < -0.4 is 9.47 Å². The molecule has 0 saturated carbocycles. The third kappa shape index (κ3) is 9.25. The summed E-state index contributed by atoms with van der Waals surface area (Å²) in [6, 6.07) is 23.6. The van der Waals surface area contributed by atoms with Crippen molar-refractivity contribution in [2.45, 2.75) is 45.1 Å². The molecule has 4 nitrogen and oxygen atoms in total. The largest absolute Gasteiger partial charge is 0.573 e. The topological polar surface area (TPSA) is 38.8 Å². The van der Waals surface area contributed by atoms with Gasteiger partial charge in [-0.3, -0.25) is 4.79 Å². The fourth-order valence-corrected chi connectivity index (χ4v) is 4.76. The highest BCUT2D eigenvalue weighted by Crippen LogP contribution is 2.24. The second-order valence-corrected chi connectivity index (χ2v) is 9.61. The zero-order valence-corrected chi connectivity index (χ0v) is 20.8. The second kappa shape index (κ2) is 12.8. The van der Waals surface area contributed by atoms with E-state index in [4.69, 9.17) is 4.74 Å². The first kappa shape index (κ1) is 26.7. The van der Waals surface area contributed by atoms with Crippen LogP contribution in [0.3, 0.4) is 0 Å². The van der Waals surface area contributed by atoms with Crippen molar-refractivity contribution in [3.63, 3.8) is 0 Å². The fraction of sp³-hybridized carbons (Fsp3) is 0.367. The summed E-state index contributed by atoms with van der Waals surface area (Å²) < 4.78 is 47.0. The molecule has 1 aliphatic rings. The molecule has 0 aromatic heterocycles. The van der Waals surface area contributed by atoms with E-state index >= 15 is 0 Å². The molecule has 0 amide bonds. The number of nitrogens with zero attached hydrogens (tertiary/aromatic N) is 1. The zero-order chi connectivity index (χ0) is 26.1. The Morgan fingerprint density at radius 3 is 2.08 bits per heavy atom. The predicted molar refractivity (Wildman–Crippen MR) is 137 cm³/mol. The minimum Gasteiger partial charge on any atom is -0.489 e. The smallest absolute Gasteiger partial charge is 0.489 e. The van der Waals surface area contributed by atoms with E-state index in [0.717, 1.165) is 42.9 Å². The van der Waals surface area contributed by atoms with Crippen LogP contribution in [0.2, 0.25) is 0 Å². The molecule has 0 spiro atoms. The number of likely N-dealkylation sites (tertiary alicyclic amines) is 1. The van der Waals surface area contributed by atoms with Gasteiger partial charge in [-0.05, 0) is 79.2 Å². The molecule has 0 bridgehead atoms. The lowest BCUT2D eigenvalue weighted by Gasteiger charge is -2.23. The molecule has 1 fully saturated rings. The van der Waals surface area contributed by atoms with Crippen LogP contribution in [0.15, 0.2) is 78.9 Å². The molecule has 3 aromatic rings. The van der Waals surface area contributed by atoms with Gasteiger partial charge in [0.25, 0.3) is 0 Å². The summed E-state index contributed by atoms with van der Waals surface area (Å²) >= 11 is 0. The zero-order valence-electron chi connectivity index (χ0n) is 20.8. The number of ketones is 1. The van der Waals surface area contributed by atoms with Crippen molar-refractivity contribution in [2.75, 3.05) is 19.6 Å². The SMILES string of the molecule is O=C(Cc1ccc(OC(F)(F)F)cc1)C[C@@H](Cc1ccc(OCc2ccccc2)cc1)CN1CCCC1. The summed E-state index contributed by atoms with van der Waals surface area (Å²) in [5.74, 6) is 0.760. The van der Waals surface area contributed by atoms with Gasteiger partial charge in [0.2, 0.25) is 0 Å². The maximum atomic E-state index is 12.9. The number of benzene rings is 3. The molecule has 1 atom stereocenters. The molecule has 0 aliphatic carbocycles. The minimum absolute atomic E-state index is 0.0801. The third-order valence-corrected chi connectivity index (χ3v) is 6.49. The first-order valence-electron chi connectivity index (χ1n) is 12.7. The Morgan fingerprint density at radius 2 is 1.43 bits per heavy atom. The van der Waals surface area contributed by atoms with Crippen LogP contribution in [0.4, 0.5) is 13.2 Å². The summed E-state index contributed by atoms with van der Waals surface area (Å²) in [4.78, 5) is 15.3. The van der Waals surface area contributed by atoms with Crippen LogP contribution in [0, 0.1) is 5.92 Å². The maximum absolute atomic E-state index is 12.9. The number of hydrogen-bond donors (Lipinski definition) is 0. The summed E-state index contributed by atoms with van der Waals surface area (Å²) in [6.07, 6.45) is -0.981. The van der Waals surface area contributed by atoms with Crippen LogP contribution in [-0.4, -0.2) is 36.7 Å². The Morgan fingerprint density at radius 1 is 0.811 bits per heavy atom. The van der Waals surface area contributed by atoms with E-state index in [2.05, 4.69) is 21.8 Å². The summed E-state index contributed by atoms with van der Waals surface area (Å²) in [6.45, 7) is 3.47.